The van der Waals surface area contributed by atoms with Crippen molar-refractivity contribution in [1.82, 2.24) is 9.13 Å². The van der Waals surface area contributed by atoms with E-state index >= 15 is 0 Å². The van der Waals surface area contributed by atoms with Crippen LogP contribution in [0.25, 0.3) is 0 Å². The van der Waals surface area contributed by atoms with Crippen molar-refractivity contribution in [2.24, 2.45) is 14.1 Å². The number of rotatable bonds is 10. The van der Waals surface area contributed by atoms with Crippen LogP contribution in [0.3, 0.4) is 0 Å². The Hall–Kier alpha value is -6.42. The highest BCUT2D eigenvalue weighted by Crippen LogP contribution is 2.30. The summed E-state index contributed by atoms with van der Waals surface area (Å²) >= 11 is 0. The Bertz CT molecular complexity index is 2200. The summed E-state index contributed by atoms with van der Waals surface area (Å²) in [5.74, 6) is 0.000117. The van der Waals surface area contributed by atoms with Gasteiger partial charge in [-0.25, -0.2) is 0 Å². The number of benzene rings is 4. The molecule has 10 heteroatoms. The zero-order valence-electron chi connectivity index (χ0n) is 29.1. The third-order valence-corrected chi connectivity index (χ3v) is 9.07. The van der Waals surface area contributed by atoms with E-state index in [1.54, 1.807) is 24.3 Å². The van der Waals surface area contributed by atoms with Crippen LogP contribution in [0, 0.1) is 34.1 Å². The van der Waals surface area contributed by atoms with Gasteiger partial charge in [0, 0.05) is 73.2 Å². The Morgan fingerprint density at radius 3 is 1.53 bits per heavy atom. The van der Waals surface area contributed by atoms with Crippen LogP contribution < -0.4 is 0 Å². The smallest absolute Gasteiger partial charge is 0.269 e. The first-order valence-electron chi connectivity index (χ1n) is 16.4. The molecule has 0 spiro atoms. The number of aromatic nitrogens is 2. The van der Waals surface area contributed by atoms with E-state index in [9.17, 15) is 29.8 Å². The molecular formula is C41H38N4O6. The number of carbonyl (C=O) groups excluding carboxylic acids is 2. The fourth-order valence-corrected chi connectivity index (χ4v) is 6.30. The second-order valence-electron chi connectivity index (χ2n) is 12.4. The number of hydrogen-bond acceptors (Lipinski definition) is 6. The van der Waals surface area contributed by atoms with E-state index < -0.39 is 9.85 Å². The molecular weight excluding hydrogens is 644 g/mol. The summed E-state index contributed by atoms with van der Waals surface area (Å²) in [5, 5.41) is 21.6. The van der Waals surface area contributed by atoms with Crippen LogP contribution in [0.2, 0.25) is 0 Å². The predicted molar refractivity (Wildman–Crippen MR) is 197 cm³/mol. The van der Waals surface area contributed by atoms with Gasteiger partial charge in [-0.15, -0.1) is 0 Å². The van der Waals surface area contributed by atoms with Crippen LogP contribution in [-0.2, 0) is 20.5 Å². The lowest BCUT2D eigenvalue weighted by Crippen LogP contribution is -2.12. The van der Waals surface area contributed by atoms with Crippen LogP contribution in [0.5, 0.6) is 0 Å². The van der Waals surface area contributed by atoms with Crippen molar-refractivity contribution in [3.05, 3.63) is 198 Å². The molecule has 2 heterocycles. The molecule has 6 rings (SSSR count). The predicted octanol–water partition coefficient (Wildman–Crippen LogP) is 8.69. The van der Waals surface area contributed by atoms with Crippen molar-refractivity contribution in [3.8, 4) is 0 Å². The number of non-ortho nitro benzene ring substituents is 2. The molecule has 6 aromatic rings. The molecule has 0 bridgehead atoms. The van der Waals surface area contributed by atoms with E-state index in [4.69, 9.17) is 0 Å². The molecule has 0 radical (unpaired) electrons. The molecule has 0 saturated heterocycles. The lowest BCUT2D eigenvalue weighted by atomic mass is 9.97. The third-order valence-electron chi connectivity index (χ3n) is 9.07. The highest BCUT2D eigenvalue weighted by molar-refractivity contribution is 6.09. The highest BCUT2D eigenvalue weighted by atomic mass is 16.6. The molecule has 0 aliphatic carbocycles. The number of nitro groups is 2. The Morgan fingerprint density at radius 1 is 0.627 bits per heavy atom. The van der Waals surface area contributed by atoms with Gasteiger partial charge in [0.15, 0.2) is 0 Å². The van der Waals surface area contributed by atoms with Crippen LogP contribution in [-0.4, -0.2) is 30.5 Å². The van der Waals surface area contributed by atoms with E-state index in [-0.39, 0.29) is 28.9 Å². The summed E-state index contributed by atoms with van der Waals surface area (Å²) in [5.41, 5.74) is 8.57. The molecule has 1 unspecified atom stereocenters. The fraction of sp³-hybridized carbons (Fsp3) is 0.171. The molecule has 0 N–H and O–H groups in total. The van der Waals surface area contributed by atoms with Gasteiger partial charge in [0.25, 0.3) is 11.4 Å². The maximum Gasteiger partial charge on any atom is 0.269 e. The number of nitrogens with zero attached hydrogens (tertiary/aromatic N) is 4. The van der Waals surface area contributed by atoms with E-state index in [1.807, 2.05) is 117 Å². The summed E-state index contributed by atoms with van der Waals surface area (Å²) in [4.78, 5) is 46.4. The van der Waals surface area contributed by atoms with Gasteiger partial charge in [0.2, 0.25) is 11.6 Å². The number of carbonyl (C=O) groups is 2. The highest BCUT2D eigenvalue weighted by Gasteiger charge is 2.22. The van der Waals surface area contributed by atoms with Crippen LogP contribution in [0.1, 0.15) is 78.6 Å². The Balaban J connectivity index is 0.000000198. The first-order chi connectivity index (χ1) is 24.4. The SMILES string of the molecule is Cc1cc(C(C)c2ccc([N+](=O)[O-])cc2)n(C)c1C(=O)c1ccccc1.Cc1cc(Cc2ccc([N+](=O)[O-])cc2)n(C)c1C(=O)c1ccccc1. The quantitative estimate of drug-likeness (QED) is 0.0807. The van der Waals surface area contributed by atoms with Gasteiger partial charge >= 0.3 is 0 Å². The van der Waals surface area contributed by atoms with Gasteiger partial charge in [-0.2, -0.15) is 0 Å². The lowest BCUT2D eigenvalue weighted by molar-refractivity contribution is -0.385. The molecule has 2 aromatic heterocycles. The molecule has 0 amide bonds. The minimum absolute atomic E-state index is 0.00412. The number of hydrogen-bond donors (Lipinski definition) is 0. The fourth-order valence-electron chi connectivity index (χ4n) is 6.30. The molecule has 10 nitrogen and oxygen atoms in total. The molecule has 0 saturated carbocycles. The van der Waals surface area contributed by atoms with Gasteiger partial charge < -0.3 is 9.13 Å². The van der Waals surface area contributed by atoms with E-state index in [1.165, 1.54) is 24.3 Å². The minimum atomic E-state index is -0.410. The second kappa shape index (κ2) is 15.4. The Kier molecular flexibility index (Phi) is 10.8. The number of ketones is 2. The maximum atomic E-state index is 12.9. The molecule has 4 aromatic carbocycles. The normalized spacial score (nSPS) is 11.3. The van der Waals surface area contributed by atoms with Gasteiger partial charge in [-0.1, -0.05) is 91.9 Å². The topological polar surface area (TPSA) is 130 Å². The molecule has 0 aliphatic rings. The standard InChI is InChI=1S/C21H20N2O3.C20H18N2O3/c1-14-13-19(15(2)16-9-11-18(12-10-16)23(25)26)22(3)20(14)21(24)17-7-5-4-6-8-17;1-14-12-18(13-15-8-10-17(11-9-15)22(24)25)21(2)19(14)20(23)16-6-4-3-5-7-16/h4-13,15H,1-3H3;3-12H,13H2,1-2H3. The number of nitro benzene ring substituents is 2. The second-order valence-corrected chi connectivity index (χ2v) is 12.4. The van der Waals surface area contributed by atoms with Gasteiger partial charge in [-0.05, 0) is 48.2 Å². The Labute approximate surface area is 295 Å². The largest absolute Gasteiger partial charge is 0.344 e. The van der Waals surface area contributed by atoms with Crippen molar-refractivity contribution in [2.75, 3.05) is 0 Å². The van der Waals surface area contributed by atoms with Gasteiger partial charge in [0.1, 0.15) is 0 Å². The average Bonchev–Trinajstić information content (AvgIpc) is 3.60. The third kappa shape index (κ3) is 7.91. The molecule has 0 aliphatic heterocycles. The van der Waals surface area contributed by atoms with E-state index in [2.05, 4.69) is 0 Å². The van der Waals surface area contributed by atoms with Crippen molar-refractivity contribution in [2.45, 2.75) is 33.1 Å². The monoisotopic (exact) mass is 682 g/mol. The molecule has 258 valence electrons. The van der Waals surface area contributed by atoms with E-state index in [0.717, 1.165) is 33.6 Å². The molecule has 0 fully saturated rings. The first kappa shape index (κ1) is 35.9. The van der Waals surface area contributed by atoms with Crippen LogP contribution in [0.4, 0.5) is 11.4 Å². The summed E-state index contributed by atoms with van der Waals surface area (Å²) in [7, 11) is 3.77. The van der Waals surface area contributed by atoms with Crippen LogP contribution in [0.15, 0.2) is 121 Å². The van der Waals surface area contributed by atoms with Gasteiger partial charge in [0.05, 0.1) is 21.2 Å². The lowest BCUT2D eigenvalue weighted by Gasteiger charge is -2.15. The van der Waals surface area contributed by atoms with E-state index in [0.29, 0.717) is 28.9 Å². The zero-order chi connectivity index (χ0) is 36.8. The molecule has 51 heavy (non-hydrogen) atoms. The average molecular weight is 683 g/mol. The number of aryl methyl sites for hydroxylation is 2. The van der Waals surface area contributed by atoms with Crippen molar-refractivity contribution in [1.29, 1.82) is 0 Å². The summed E-state index contributed by atoms with van der Waals surface area (Å²) in [6.45, 7) is 5.89. The Morgan fingerprint density at radius 2 is 1.06 bits per heavy atom. The zero-order valence-corrected chi connectivity index (χ0v) is 29.1. The minimum Gasteiger partial charge on any atom is -0.344 e. The maximum absolute atomic E-state index is 12.9. The summed E-state index contributed by atoms with van der Waals surface area (Å²) in [6.07, 6.45) is 0.609. The summed E-state index contributed by atoms with van der Waals surface area (Å²) in [6, 6.07) is 35.5. The van der Waals surface area contributed by atoms with Crippen LogP contribution >= 0.6 is 0 Å². The van der Waals surface area contributed by atoms with Crippen molar-refractivity contribution >= 4 is 22.9 Å². The molecule has 1 atom stereocenters. The first-order valence-corrected chi connectivity index (χ1v) is 16.4. The van der Waals surface area contributed by atoms with Crippen molar-refractivity contribution in [3.63, 3.8) is 0 Å². The summed E-state index contributed by atoms with van der Waals surface area (Å²) < 4.78 is 3.84. The van der Waals surface area contributed by atoms with Crippen molar-refractivity contribution < 1.29 is 19.4 Å². The van der Waals surface area contributed by atoms with Gasteiger partial charge in [-0.3, -0.25) is 29.8 Å².